The molecule has 1 atom stereocenters. The molecule has 33 heavy (non-hydrogen) atoms. The van der Waals surface area contributed by atoms with Crippen molar-refractivity contribution in [2.45, 2.75) is 11.4 Å². The predicted molar refractivity (Wildman–Crippen MR) is 121 cm³/mol. The number of amides is 2. The van der Waals surface area contributed by atoms with Gasteiger partial charge in [0, 0.05) is 22.6 Å². The van der Waals surface area contributed by atoms with Crippen LogP contribution < -0.4 is 15.5 Å². The third-order valence-corrected chi connectivity index (χ3v) is 6.36. The highest BCUT2D eigenvalue weighted by Gasteiger charge is 2.26. The van der Waals surface area contributed by atoms with Gasteiger partial charge in [-0.1, -0.05) is 36.4 Å². The summed E-state index contributed by atoms with van der Waals surface area (Å²) in [6, 6.07) is 20.8. The summed E-state index contributed by atoms with van der Waals surface area (Å²) in [6.07, 6.45) is 0. The highest BCUT2D eigenvalue weighted by Crippen LogP contribution is 2.18. The monoisotopic (exact) mass is 484 g/mol. The molecule has 2 amide bonds. The molecule has 0 aliphatic carbocycles. The maximum Gasteiger partial charge on any atom is 0.334 e. The van der Waals surface area contributed by atoms with E-state index in [1.807, 2.05) is 6.07 Å². The molecule has 0 saturated carbocycles. The number of hydrazine groups is 1. The normalized spacial score (nSPS) is 11.9. The third-order valence-electron chi connectivity index (χ3n) is 4.29. The Labute approximate surface area is 193 Å². The quantitative estimate of drug-likeness (QED) is 0.330. The average Bonchev–Trinajstić information content (AvgIpc) is 2.80. The van der Waals surface area contributed by atoms with E-state index in [1.165, 1.54) is 42.5 Å². The molecule has 3 aromatic carbocycles. The number of hydrogen-bond acceptors (Lipinski definition) is 6. The summed E-state index contributed by atoms with van der Waals surface area (Å²) in [5, 5.41) is 11.5. The fourth-order valence-corrected chi connectivity index (χ4v) is 4.39. The second-order valence-electron chi connectivity index (χ2n) is 6.62. The molecule has 3 rings (SSSR count). The van der Waals surface area contributed by atoms with Gasteiger partial charge in [-0.3, -0.25) is 9.63 Å². The Morgan fingerprint density at radius 1 is 1.00 bits per heavy atom. The second kappa shape index (κ2) is 10.7. The fourth-order valence-electron chi connectivity index (χ4n) is 2.78. The number of anilines is 2. The molecule has 0 heterocycles. The van der Waals surface area contributed by atoms with E-state index < -0.39 is 27.3 Å². The molecule has 170 valence electrons. The van der Waals surface area contributed by atoms with Crippen molar-refractivity contribution in [1.29, 1.82) is 5.26 Å². The summed E-state index contributed by atoms with van der Waals surface area (Å²) in [5.74, 6) is 0. The van der Waals surface area contributed by atoms with Gasteiger partial charge in [0.1, 0.15) is 0 Å². The molecule has 3 aromatic rings. The molecular weight excluding hydrogens is 466 g/mol. The van der Waals surface area contributed by atoms with Gasteiger partial charge in [-0.25, -0.2) is 13.2 Å². The molecule has 0 saturated heterocycles. The largest absolute Gasteiger partial charge is 0.755 e. The Bertz CT molecular complexity index is 1290. The van der Waals surface area contributed by atoms with Crippen molar-refractivity contribution in [3.05, 3.63) is 90.0 Å². The molecule has 3 N–H and O–H groups in total. The number of rotatable bonds is 8. The highest BCUT2D eigenvalue weighted by molar-refractivity contribution is 7.89. The van der Waals surface area contributed by atoms with E-state index in [0.29, 0.717) is 22.5 Å². The molecule has 0 fully saturated rings. The number of nitrogens with zero attached hydrogens (tertiary/aromatic N) is 2. The van der Waals surface area contributed by atoms with Crippen molar-refractivity contribution >= 4 is 38.7 Å². The van der Waals surface area contributed by atoms with Gasteiger partial charge in [-0.2, -0.15) is 5.26 Å². The Balaban J connectivity index is 1.84. The van der Waals surface area contributed by atoms with Crippen molar-refractivity contribution in [3.63, 3.8) is 0 Å². The zero-order chi connectivity index (χ0) is 23.8. The number of sulfonamides is 1. The smallest absolute Gasteiger partial charge is 0.334 e. The van der Waals surface area contributed by atoms with E-state index in [0.717, 1.165) is 4.41 Å². The SMILES string of the molecule is N#Cc1cccc(NC(=O)NN(Cc2ccc(NS(=O)[O-])cc2)S(=O)(=O)c2ccccc2)c1. The number of benzene rings is 3. The van der Waals surface area contributed by atoms with Crippen LogP contribution in [0.2, 0.25) is 0 Å². The van der Waals surface area contributed by atoms with E-state index in [2.05, 4.69) is 15.5 Å². The number of nitrogens with one attached hydrogen (secondary N) is 3. The lowest BCUT2D eigenvalue weighted by atomic mass is 10.2. The number of hydrogen-bond donors (Lipinski definition) is 3. The van der Waals surface area contributed by atoms with Gasteiger partial charge in [0.2, 0.25) is 0 Å². The van der Waals surface area contributed by atoms with Crippen LogP contribution in [-0.2, 0) is 27.8 Å². The van der Waals surface area contributed by atoms with E-state index in [1.54, 1.807) is 36.4 Å². The molecule has 0 aromatic heterocycles. The number of carbonyl (C=O) groups is 1. The predicted octanol–water partition coefficient (Wildman–Crippen LogP) is 2.69. The Hall–Kier alpha value is -3.76. The maximum atomic E-state index is 13.2. The van der Waals surface area contributed by atoms with Crippen LogP contribution in [0.25, 0.3) is 0 Å². The van der Waals surface area contributed by atoms with Crippen LogP contribution in [0, 0.1) is 11.3 Å². The van der Waals surface area contributed by atoms with E-state index >= 15 is 0 Å². The van der Waals surface area contributed by atoms with E-state index in [4.69, 9.17) is 5.26 Å². The molecule has 1 unspecified atom stereocenters. The van der Waals surface area contributed by atoms with Crippen LogP contribution in [0.1, 0.15) is 11.1 Å². The minimum Gasteiger partial charge on any atom is -0.755 e. The standard InChI is InChI=1S/C21H19N5O5S2/c22-14-17-5-4-6-19(13-17)23-21(27)24-26(33(30,31)20-7-2-1-3-8-20)15-16-9-11-18(12-10-16)25-32(28)29/h1-13,25H,15H2,(H,28,29)(H2,23,24,27)/p-1. The zero-order valence-corrected chi connectivity index (χ0v) is 18.6. The van der Waals surface area contributed by atoms with Crippen molar-refractivity contribution < 1.29 is 22.0 Å². The van der Waals surface area contributed by atoms with Crippen LogP contribution in [-0.4, -0.2) is 27.6 Å². The fraction of sp³-hybridized carbons (Fsp3) is 0.0476. The summed E-state index contributed by atoms with van der Waals surface area (Å²) >= 11 is -2.49. The summed E-state index contributed by atoms with van der Waals surface area (Å²) < 4.78 is 50.9. The summed E-state index contributed by atoms with van der Waals surface area (Å²) in [4.78, 5) is 12.5. The Morgan fingerprint density at radius 3 is 2.33 bits per heavy atom. The van der Waals surface area contributed by atoms with Gasteiger partial charge in [-0.15, -0.1) is 4.41 Å². The first-order valence-electron chi connectivity index (χ1n) is 9.38. The van der Waals surface area contributed by atoms with Gasteiger partial charge >= 0.3 is 6.03 Å². The van der Waals surface area contributed by atoms with Crippen molar-refractivity contribution in [3.8, 4) is 6.07 Å². The molecule has 0 radical (unpaired) electrons. The lowest BCUT2D eigenvalue weighted by molar-refractivity contribution is 0.229. The first-order valence-corrected chi connectivity index (χ1v) is 11.9. The van der Waals surface area contributed by atoms with Gasteiger partial charge in [0.25, 0.3) is 10.0 Å². The van der Waals surface area contributed by atoms with Gasteiger partial charge < -0.3 is 14.6 Å². The van der Waals surface area contributed by atoms with Crippen LogP contribution in [0.5, 0.6) is 0 Å². The zero-order valence-electron chi connectivity index (χ0n) is 17.0. The van der Waals surface area contributed by atoms with Crippen molar-refractivity contribution in [2.24, 2.45) is 0 Å². The van der Waals surface area contributed by atoms with Gasteiger partial charge in [-0.05, 0) is 48.0 Å². The molecule has 0 spiro atoms. The number of urea groups is 1. The maximum absolute atomic E-state index is 13.2. The van der Waals surface area contributed by atoms with Crippen molar-refractivity contribution in [1.82, 2.24) is 9.84 Å². The van der Waals surface area contributed by atoms with Gasteiger partial charge in [0.05, 0.1) is 23.1 Å². The summed E-state index contributed by atoms with van der Waals surface area (Å²) in [7, 11) is -4.13. The third kappa shape index (κ3) is 6.61. The first-order chi connectivity index (χ1) is 15.8. The highest BCUT2D eigenvalue weighted by atomic mass is 32.2. The first kappa shape index (κ1) is 23.9. The molecule has 0 bridgehead atoms. The topological polar surface area (TPSA) is 154 Å². The lowest BCUT2D eigenvalue weighted by Crippen LogP contribution is -2.47. The average molecular weight is 485 g/mol. The Morgan fingerprint density at radius 2 is 1.70 bits per heavy atom. The summed E-state index contributed by atoms with van der Waals surface area (Å²) in [5.41, 5.74) is 3.76. The summed E-state index contributed by atoms with van der Waals surface area (Å²) in [6.45, 7) is -0.233. The molecular formula is C21H18N5O5S2-. The number of carbonyl (C=O) groups excluding carboxylic acids is 1. The Kier molecular flexibility index (Phi) is 7.75. The second-order valence-corrected chi connectivity index (χ2v) is 9.15. The van der Waals surface area contributed by atoms with Crippen molar-refractivity contribution in [2.75, 3.05) is 10.0 Å². The minimum absolute atomic E-state index is 0.0307. The van der Waals surface area contributed by atoms with Crippen LogP contribution in [0.3, 0.4) is 0 Å². The molecule has 12 heteroatoms. The van der Waals surface area contributed by atoms with Crippen LogP contribution in [0.15, 0.2) is 83.8 Å². The van der Waals surface area contributed by atoms with E-state index in [-0.39, 0.29) is 11.4 Å². The molecule has 0 aliphatic rings. The van der Waals surface area contributed by atoms with E-state index in [9.17, 15) is 22.0 Å². The molecule has 10 nitrogen and oxygen atoms in total. The van der Waals surface area contributed by atoms with Gasteiger partial charge in [0.15, 0.2) is 0 Å². The van der Waals surface area contributed by atoms with Crippen LogP contribution >= 0.6 is 0 Å². The lowest BCUT2D eigenvalue weighted by Gasteiger charge is -2.23. The molecule has 0 aliphatic heterocycles. The number of nitriles is 1. The van der Waals surface area contributed by atoms with Crippen LogP contribution in [0.4, 0.5) is 16.2 Å². The minimum atomic E-state index is -4.13.